The molecule has 4 rings (SSSR count). The maximum atomic E-state index is 12.8. The minimum absolute atomic E-state index is 0.198. The first kappa shape index (κ1) is 17.9. The minimum atomic E-state index is -0.288. The number of thiophene rings is 1. The number of aryl methyl sites for hydroxylation is 2. The Morgan fingerprint density at radius 3 is 2.89 bits per heavy atom. The van der Waals surface area contributed by atoms with Gasteiger partial charge in [0.05, 0.1) is 24.1 Å². The Morgan fingerprint density at radius 1 is 1.30 bits per heavy atom. The number of morpholine rings is 1. The predicted octanol–water partition coefficient (Wildman–Crippen LogP) is 3.65. The number of ether oxygens (including phenoxy) is 1. The van der Waals surface area contributed by atoms with Crippen molar-refractivity contribution in [1.29, 1.82) is 0 Å². The van der Waals surface area contributed by atoms with Crippen LogP contribution in [0.4, 0.5) is 11.5 Å². The highest BCUT2D eigenvalue weighted by molar-refractivity contribution is 7.11. The molecule has 27 heavy (non-hydrogen) atoms. The molecule has 1 aromatic carbocycles. The molecular weight excluding hydrogens is 360 g/mol. The van der Waals surface area contributed by atoms with Crippen molar-refractivity contribution in [3.05, 3.63) is 45.9 Å². The highest BCUT2D eigenvalue weighted by Gasteiger charge is 2.22. The number of aromatic nitrogens is 2. The van der Waals surface area contributed by atoms with E-state index in [1.54, 1.807) is 11.3 Å². The van der Waals surface area contributed by atoms with Crippen LogP contribution in [0, 0.1) is 6.92 Å². The van der Waals surface area contributed by atoms with Gasteiger partial charge in [0.2, 0.25) is 5.82 Å². The van der Waals surface area contributed by atoms with Gasteiger partial charge in [0, 0.05) is 29.0 Å². The van der Waals surface area contributed by atoms with E-state index in [0.29, 0.717) is 13.2 Å². The molecule has 0 unspecified atom stereocenters. The quantitative estimate of drug-likeness (QED) is 0.746. The summed E-state index contributed by atoms with van der Waals surface area (Å²) in [6, 6.07) is 7.85. The molecular formula is C20H22N4O2S. The first-order valence-electron chi connectivity index (χ1n) is 9.14. The average molecular weight is 382 g/mol. The van der Waals surface area contributed by atoms with Gasteiger partial charge in [-0.05, 0) is 31.0 Å². The van der Waals surface area contributed by atoms with Gasteiger partial charge in [0.25, 0.3) is 5.91 Å². The molecule has 6 nitrogen and oxygen atoms in total. The number of carbonyl (C=O) groups is 1. The second-order valence-corrected chi connectivity index (χ2v) is 7.61. The fourth-order valence-electron chi connectivity index (χ4n) is 3.25. The highest BCUT2D eigenvalue weighted by Crippen LogP contribution is 2.32. The van der Waals surface area contributed by atoms with Crippen LogP contribution in [0.3, 0.4) is 0 Å². The largest absolute Gasteiger partial charge is 0.378 e. The summed E-state index contributed by atoms with van der Waals surface area (Å²) in [6.45, 7) is 7.02. The summed E-state index contributed by atoms with van der Waals surface area (Å²) in [6.07, 6.45) is 0.918. The van der Waals surface area contributed by atoms with Crippen molar-refractivity contribution < 1.29 is 9.53 Å². The van der Waals surface area contributed by atoms with Crippen molar-refractivity contribution in [1.82, 2.24) is 9.97 Å². The summed E-state index contributed by atoms with van der Waals surface area (Å²) in [5.41, 5.74) is 2.76. The molecule has 3 heterocycles. The molecule has 140 valence electrons. The van der Waals surface area contributed by atoms with Crippen molar-refractivity contribution in [3.8, 4) is 0 Å². The Kier molecular flexibility index (Phi) is 5.05. The molecule has 0 aliphatic carbocycles. The van der Waals surface area contributed by atoms with E-state index in [9.17, 15) is 4.79 Å². The van der Waals surface area contributed by atoms with Gasteiger partial charge in [-0.25, -0.2) is 9.97 Å². The number of carbonyl (C=O) groups excluding carboxylic acids is 1. The molecule has 0 spiro atoms. The van der Waals surface area contributed by atoms with Crippen LogP contribution in [0.2, 0.25) is 0 Å². The lowest BCUT2D eigenvalue weighted by atomic mass is 10.1. The van der Waals surface area contributed by atoms with Gasteiger partial charge in [0.1, 0.15) is 5.82 Å². The molecule has 3 aromatic rings. The maximum absolute atomic E-state index is 12.8. The molecule has 0 radical (unpaired) electrons. The van der Waals surface area contributed by atoms with Crippen LogP contribution in [0.5, 0.6) is 0 Å². The van der Waals surface area contributed by atoms with Gasteiger partial charge < -0.3 is 15.0 Å². The summed E-state index contributed by atoms with van der Waals surface area (Å²) in [7, 11) is 0. The first-order valence-corrected chi connectivity index (χ1v) is 10.0. The van der Waals surface area contributed by atoms with Gasteiger partial charge in [-0.2, -0.15) is 0 Å². The Balaban J connectivity index is 1.69. The highest BCUT2D eigenvalue weighted by atomic mass is 32.1. The molecule has 1 fully saturated rings. The summed E-state index contributed by atoms with van der Waals surface area (Å²) >= 11 is 1.63. The molecule has 7 heteroatoms. The van der Waals surface area contributed by atoms with Crippen molar-refractivity contribution in [2.75, 3.05) is 36.5 Å². The van der Waals surface area contributed by atoms with E-state index < -0.39 is 0 Å². The smallest absolute Gasteiger partial charge is 0.293 e. The zero-order valence-corrected chi connectivity index (χ0v) is 16.3. The topological polar surface area (TPSA) is 67.4 Å². The fourth-order valence-corrected chi connectivity index (χ4v) is 4.03. The lowest BCUT2D eigenvalue weighted by molar-refractivity contribution is 0.101. The van der Waals surface area contributed by atoms with Crippen LogP contribution in [0.25, 0.3) is 10.9 Å². The van der Waals surface area contributed by atoms with Crippen LogP contribution in [0.1, 0.15) is 28.0 Å². The zero-order valence-electron chi connectivity index (χ0n) is 15.5. The van der Waals surface area contributed by atoms with Gasteiger partial charge in [-0.1, -0.05) is 19.1 Å². The third-order valence-corrected chi connectivity index (χ3v) is 5.62. The lowest BCUT2D eigenvalue weighted by Gasteiger charge is -2.28. The number of fused-ring (bicyclic) bond motifs is 1. The van der Waals surface area contributed by atoms with E-state index in [4.69, 9.17) is 4.74 Å². The van der Waals surface area contributed by atoms with Crippen molar-refractivity contribution >= 4 is 39.7 Å². The molecule has 0 atom stereocenters. The number of nitrogens with one attached hydrogen (secondary N) is 1. The third kappa shape index (κ3) is 3.65. The van der Waals surface area contributed by atoms with Gasteiger partial charge in [-0.3, -0.25) is 4.79 Å². The first-order chi connectivity index (χ1) is 13.2. The van der Waals surface area contributed by atoms with Crippen molar-refractivity contribution in [2.45, 2.75) is 20.3 Å². The van der Waals surface area contributed by atoms with E-state index in [1.807, 2.05) is 29.6 Å². The van der Waals surface area contributed by atoms with Crippen LogP contribution >= 0.6 is 11.3 Å². The number of hydrogen-bond acceptors (Lipinski definition) is 6. The van der Waals surface area contributed by atoms with E-state index in [2.05, 4.69) is 34.0 Å². The summed E-state index contributed by atoms with van der Waals surface area (Å²) in [4.78, 5) is 25.3. The Morgan fingerprint density at radius 2 is 2.11 bits per heavy atom. The van der Waals surface area contributed by atoms with Crippen LogP contribution in [-0.2, 0) is 11.2 Å². The fraction of sp³-hybridized carbons (Fsp3) is 0.350. The molecule has 1 N–H and O–H groups in total. The summed E-state index contributed by atoms with van der Waals surface area (Å²) in [5, 5.41) is 5.96. The maximum Gasteiger partial charge on any atom is 0.293 e. The third-order valence-electron chi connectivity index (χ3n) is 4.72. The zero-order chi connectivity index (χ0) is 18.8. The molecule has 0 bridgehead atoms. The molecule has 1 aliphatic rings. The van der Waals surface area contributed by atoms with E-state index >= 15 is 0 Å². The Hall–Kier alpha value is -2.51. The Bertz CT molecular complexity index is 979. The number of rotatable bonds is 4. The standard InChI is InChI=1S/C20H22N4O2S/c1-3-14-5-4-6-15(11-14)21-20(25)18-22-16-12-27-13(2)17(16)19(23-18)24-7-9-26-10-8-24/h4-6,11-12H,3,7-10H2,1-2H3,(H,21,25). The molecule has 0 saturated carbocycles. The lowest BCUT2D eigenvalue weighted by Crippen LogP contribution is -2.37. The second kappa shape index (κ2) is 7.62. The summed E-state index contributed by atoms with van der Waals surface area (Å²) < 4.78 is 5.46. The summed E-state index contributed by atoms with van der Waals surface area (Å²) in [5.74, 6) is 0.738. The van der Waals surface area contributed by atoms with Gasteiger partial charge in [-0.15, -0.1) is 11.3 Å². The SMILES string of the molecule is CCc1cccc(NC(=O)c2nc(N3CCOCC3)c3c(C)scc3n2)c1. The van der Waals surface area contributed by atoms with Crippen LogP contribution < -0.4 is 10.2 Å². The monoisotopic (exact) mass is 382 g/mol. The normalized spacial score (nSPS) is 14.5. The van der Waals surface area contributed by atoms with Crippen LogP contribution in [-0.4, -0.2) is 42.2 Å². The number of benzene rings is 1. The molecule has 2 aromatic heterocycles. The van der Waals surface area contributed by atoms with Crippen molar-refractivity contribution in [3.63, 3.8) is 0 Å². The van der Waals surface area contributed by atoms with Crippen molar-refractivity contribution in [2.24, 2.45) is 0 Å². The number of nitrogens with zero attached hydrogens (tertiary/aromatic N) is 3. The average Bonchev–Trinajstić information content (AvgIpc) is 3.09. The van der Waals surface area contributed by atoms with Gasteiger partial charge in [0.15, 0.2) is 0 Å². The Labute approximate surface area is 162 Å². The van der Waals surface area contributed by atoms with E-state index in [1.165, 1.54) is 5.56 Å². The molecule has 1 saturated heterocycles. The van der Waals surface area contributed by atoms with Crippen LogP contribution in [0.15, 0.2) is 29.6 Å². The van der Waals surface area contributed by atoms with E-state index in [0.717, 1.165) is 46.8 Å². The van der Waals surface area contributed by atoms with Gasteiger partial charge >= 0.3 is 0 Å². The minimum Gasteiger partial charge on any atom is -0.378 e. The molecule has 1 amide bonds. The van der Waals surface area contributed by atoms with E-state index in [-0.39, 0.29) is 11.7 Å². The second-order valence-electron chi connectivity index (χ2n) is 6.53. The number of anilines is 2. The predicted molar refractivity (Wildman–Crippen MR) is 109 cm³/mol. The number of amides is 1. The molecule has 1 aliphatic heterocycles. The number of hydrogen-bond donors (Lipinski definition) is 1.